The molecular weight excluding hydrogens is 236 g/mol. The lowest BCUT2D eigenvalue weighted by Gasteiger charge is -2.37. The molecule has 1 amide bonds. The Morgan fingerprint density at radius 3 is 2.82 bits per heavy atom. The number of cyclic esters (lactones) is 1. The average Bonchev–Trinajstić information content (AvgIpc) is 2.63. The Labute approximate surface area is 108 Å². The highest BCUT2D eigenvalue weighted by Gasteiger charge is 2.27. The molecule has 0 unspecified atom stereocenters. The molecule has 5 heteroatoms. The van der Waals surface area contributed by atoms with E-state index in [2.05, 4.69) is 30.5 Å². The molecule has 0 aromatic heterocycles. The number of nitrogens with zero attached hydrogens (tertiary/aromatic N) is 2. The Kier molecular flexibility index (Phi) is 4.20. The van der Waals surface area contributed by atoms with Gasteiger partial charge >= 0.3 is 6.09 Å². The molecule has 0 N–H and O–H groups in total. The molecule has 2 aliphatic heterocycles. The van der Waals surface area contributed by atoms with Crippen molar-refractivity contribution >= 4 is 17.9 Å². The molecule has 2 heterocycles. The zero-order valence-electron chi connectivity index (χ0n) is 10.8. The molecule has 0 aromatic carbocycles. The van der Waals surface area contributed by atoms with Gasteiger partial charge in [-0.15, -0.1) is 0 Å². The predicted molar refractivity (Wildman–Crippen MR) is 70.5 cm³/mol. The molecule has 0 bridgehead atoms. The van der Waals surface area contributed by atoms with Crippen LogP contribution in [0, 0.1) is 0 Å². The van der Waals surface area contributed by atoms with Crippen LogP contribution >= 0.6 is 11.8 Å². The van der Waals surface area contributed by atoms with Crippen LogP contribution in [0.4, 0.5) is 4.79 Å². The lowest BCUT2D eigenvalue weighted by atomic mass is 10.2. The van der Waals surface area contributed by atoms with E-state index in [1.807, 2.05) is 4.90 Å². The summed E-state index contributed by atoms with van der Waals surface area (Å²) in [6.07, 6.45) is 0.912. The second-order valence-corrected chi connectivity index (χ2v) is 7.14. The van der Waals surface area contributed by atoms with Gasteiger partial charge in [0, 0.05) is 30.1 Å². The third kappa shape index (κ3) is 3.78. The smallest absolute Gasteiger partial charge is 0.409 e. The average molecular weight is 258 g/mol. The van der Waals surface area contributed by atoms with Gasteiger partial charge in [-0.3, -0.25) is 0 Å². The summed E-state index contributed by atoms with van der Waals surface area (Å²) in [5.74, 6) is 1.22. The van der Waals surface area contributed by atoms with Crippen molar-refractivity contribution < 1.29 is 9.53 Å². The first-order valence-electron chi connectivity index (χ1n) is 6.35. The van der Waals surface area contributed by atoms with Gasteiger partial charge in [-0.1, -0.05) is 0 Å². The summed E-state index contributed by atoms with van der Waals surface area (Å²) in [6, 6.07) is 0. The molecule has 2 rings (SSSR count). The standard InChI is InChI=1S/C12H22N2O2S/c1-12(2)10-13(7-9-17-12)4-3-5-14-6-8-16-11(14)15/h3-10H2,1-2H3. The van der Waals surface area contributed by atoms with E-state index in [1.165, 1.54) is 12.3 Å². The van der Waals surface area contributed by atoms with Crippen molar-refractivity contribution in [3.05, 3.63) is 0 Å². The Bertz CT molecular complexity index is 284. The second-order valence-electron chi connectivity index (χ2n) is 5.34. The highest BCUT2D eigenvalue weighted by atomic mass is 32.2. The Hall–Kier alpha value is -0.420. The zero-order valence-corrected chi connectivity index (χ0v) is 11.6. The SMILES string of the molecule is CC1(C)CN(CCCN2CCOC2=O)CCS1. The predicted octanol–water partition coefficient (Wildman–Crippen LogP) is 1.66. The van der Waals surface area contributed by atoms with Gasteiger partial charge in [-0.2, -0.15) is 11.8 Å². The monoisotopic (exact) mass is 258 g/mol. The molecule has 2 saturated heterocycles. The van der Waals surface area contributed by atoms with Gasteiger partial charge in [0.1, 0.15) is 6.61 Å². The number of ether oxygens (including phenoxy) is 1. The summed E-state index contributed by atoms with van der Waals surface area (Å²) >= 11 is 2.06. The quantitative estimate of drug-likeness (QED) is 0.768. The van der Waals surface area contributed by atoms with Crippen molar-refractivity contribution in [2.45, 2.75) is 25.0 Å². The molecule has 17 heavy (non-hydrogen) atoms. The van der Waals surface area contributed by atoms with Crippen molar-refractivity contribution in [2.24, 2.45) is 0 Å². The first-order chi connectivity index (χ1) is 8.07. The van der Waals surface area contributed by atoms with Crippen LogP contribution in [0.2, 0.25) is 0 Å². The van der Waals surface area contributed by atoms with E-state index >= 15 is 0 Å². The van der Waals surface area contributed by atoms with Gasteiger partial charge < -0.3 is 14.5 Å². The third-order valence-corrected chi connectivity index (χ3v) is 4.55. The Balaban J connectivity index is 1.66. The van der Waals surface area contributed by atoms with E-state index in [0.29, 0.717) is 11.4 Å². The molecular formula is C12H22N2O2S. The zero-order chi connectivity index (χ0) is 12.3. The largest absolute Gasteiger partial charge is 0.448 e. The maximum absolute atomic E-state index is 11.2. The van der Waals surface area contributed by atoms with Crippen molar-refractivity contribution in [1.29, 1.82) is 0 Å². The van der Waals surface area contributed by atoms with Crippen LogP contribution in [0.3, 0.4) is 0 Å². The van der Waals surface area contributed by atoms with Gasteiger partial charge in [0.25, 0.3) is 0 Å². The highest BCUT2D eigenvalue weighted by molar-refractivity contribution is 8.00. The van der Waals surface area contributed by atoms with Crippen LogP contribution in [-0.4, -0.2) is 65.7 Å². The Morgan fingerprint density at radius 2 is 2.18 bits per heavy atom. The minimum atomic E-state index is -0.139. The summed E-state index contributed by atoms with van der Waals surface area (Å²) < 4.78 is 5.29. The van der Waals surface area contributed by atoms with Crippen LogP contribution in [0.15, 0.2) is 0 Å². The molecule has 4 nitrogen and oxygen atoms in total. The summed E-state index contributed by atoms with van der Waals surface area (Å²) in [5.41, 5.74) is 0. The maximum atomic E-state index is 11.2. The fourth-order valence-electron chi connectivity index (χ4n) is 2.42. The molecule has 2 aliphatic rings. The molecule has 0 radical (unpaired) electrons. The van der Waals surface area contributed by atoms with Gasteiger partial charge in [0.2, 0.25) is 0 Å². The van der Waals surface area contributed by atoms with Crippen molar-refractivity contribution in [3.8, 4) is 0 Å². The molecule has 0 aromatic rings. The van der Waals surface area contributed by atoms with Crippen LogP contribution in [-0.2, 0) is 4.74 Å². The summed E-state index contributed by atoms with van der Waals surface area (Å²) in [5, 5.41) is 0. The summed E-state index contributed by atoms with van der Waals surface area (Å²) in [4.78, 5) is 15.6. The first-order valence-corrected chi connectivity index (χ1v) is 7.33. The molecule has 0 spiro atoms. The van der Waals surface area contributed by atoms with E-state index < -0.39 is 0 Å². The van der Waals surface area contributed by atoms with E-state index in [9.17, 15) is 4.79 Å². The number of carbonyl (C=O) groups is 1. The van der Waals surface area contributed by atoms with Crippen molar-refractivity contribution in [1.82, 2.24) is 9.80 Å². The van der Waals surface area contributed by atoms with Gasteiger partial charge in [-0.25, -0.2) is 4.79 Å². The van der Waals surface area contributed by atoms with Gasteiger partial charge in [0.05, 0.1) is 6.54 Å². The Morgan fingerprint density at radius 1 is 1.35 bits per heavy atom. The molecule has 0 atom stereocenters. The fourth-order valence-corrected chi connectivity index (χ4v) is 3.60. The number of carbonyl (C=O) groups excluding carboxylic acids is 1. The normalized spacial score (nSPS) is 25.1. The van der Waals surface area contributed by atoms with Crippen molar-refractivity contribution in [3.63, 3.8) is 0 Å². The van der Waals surface area contributed by atoms with Crippen LogP contribution < -0.4 is 0 Å². The van der Waals surface area contributed by atoms with Crippen LogP contribution in [0.5, 0.6) is 0 Å². The topological polar surface area (TPSA) is 32.8 Å². The van der Waals surface area contributed by atoms with Crippen LogP contribution in [0.25, 0.3) is 0 Å². The minimum absolute atomic E-state index is 0.139. The van der Waals surface area contributed by atoms with Crippen LogP contribution in [0.1, 0.15) is 20.3 Å². The number of hydrogen-bond acceptors (Lipinski definition) is 4. The third-order valence-electron chi connectivity index (χ3n) is 3.25. The van der Waals surface area contributed by atoms with E-state index in [1.54, 1.807) is 0 Å². The van der Waals surface area contributed by atoms with E-state index in [-0.39, 0.29) is 6.09 Å². The van der Waals surface area contributed by atoms with E-state index in [4.69, 9.17) is 4.74 Å². The number of rotatable bonds is 4. The van der Waals surface area contributed by atoms with E-state index in [0.717, 1.165) is 32.6 Å². The lowest BCUT2D eigenvalue weighted by Crippen LogP contribution is -2.44. The molecule has 2 fully saturated rings. The molecule has 98 valence electrons. The highest BCUT2D eigenvalue weighted by Crippen LogP contribution is 2.29. The maximum Gasteiger partial charge on any atom is 0.409 e. The summed E-state index contributed by atoms with van der Waals surface area (Å²) in [7, 11) is 0. The molecule has 0 saturated carbocycles. The van der Waals surface area contributed by atoms with Crippen molar-refractivity contribution in [2.75, 3.05) is 45.1 Å². The number of thioether (sulfide) groups is 1. The van der Waals surface area contributed by atoms with Gasteiger partial charge in [0.15, 0.2) is 0 Å². The first kappa shape index (κ1) is 13.0. The fraction of sp³-hybridized carbons (Fsp3) is 0.917. The minimum Gasteiger partial charge on any atom is -0.448 e. The van der Waals surface area contributed by atoms with Gasteiger partial charge in [-0.05, 0) is 26.8 Å². The summed E-state index contributed by atoms with van der Waals surface area (Å²) in [6.45, 7) is 10.2. The molecule has 0 aliphatic carbocycles. The lowest BCUT2D eigenvalue weighted by molar-refractivity contribution is 0.156. The number of hydrogen-bond donors (Lipinski definition) is 0. The second kappa shape index (κ2) is 5.48. The number of amides is 1.